The molecule has 4 nitrogen and oxygen atoms in total. The zero-order valence-corrected chi connectivity index (χ0v) is 14.5. The SMILES string of the molecule is CN(C)CCCNCc1ccc(C(=O)OCc2ccccc2)cc1. The molecule has 0 fully saturated rings. The first kappa shape index (κ1) is 18.2. The van der Waals surface area contributed by atoms with E-state index in [4.69, 9.17) is 4.74 Å². The third-order valence-corrected chi connectivity index (χ3v) is 3.69. The first-order chi connectivity index (χ1) is 11.6. The number of hydrogen-bond donors (Lipinski definition) is 1. The van der Waals surface area contributed by atoms with Crippen molar-refractivity contribution in [2.45, 2.75) is 19.6 Å². The van der Waals surface area contributed by atoms with E-state index in [0.717, 1.165) is 31.6 Å². The van der Waals surface area contributed by atoms with Gasteiger partial charge >= 0.3 is 5.97 Å². The number of carbonyl (C=O) groups excluding carboxylic acids is 1. The topological polar surface area (TPSA) is 41.6 Å². The monoisotopic (exact) mass is 326 g/mol. The number of benzene rings is 2. The van der Waals surface area contributed by atoms with Crippen LogP contribution in [0.2, 0.25) is 0 Å². The normalized spacial score (nSPS) is 10.8. The Balaban J connectivity index is 1.73. The Morgan fingerprint density at radius 2 is 1.71 bits per heavy atom. The van der Waals surface area contributed by atoms with Crippen LogP contribution in [0.5, 0.6) is 0 Å². The van der Waals surface area contributed by atoms with Gasteiger partial charge in [-0.1, -0.05) is 42.5 Å². The van der Waals surface area contributed by atoms with Crippen molar-refractivity contribution in [3.05, 3.63) is 71.3 Å². The Morgan fingerprint density at radius 3 is 2.38 bits per heavy atom. The van der Waals surface area contributed by atoms with Crippen molar-refractivity contribution in [2.75, 3.05) is 27.2 Å². The molecule has 0 saturated carbocycles. The second-order valence-electron chi connectivity index (χ2n) is 6.09. The van der Waals surface area contributed by atoms with Crippen LogP contribution in [0.1, 0.15) is 27.9 Å². The van der Waals surface area contributed by atoms with E-state index < -0.39 is 0 Å². The van der Waals surface area contributed by atoms with Crippen molar-refractivity contribution in [3.8, 4) is 0 Å². The quantitative estimate of drug-likeness (QED) is 0.568. The lowest BCUT2D eigenvalue weighted by Crippen LogP contribution is -2.21. The highest BCUT2D eigenvalue weighted by Gasteiger charge is 2.07. The fraction of sp³-hybridized carbons (Fsp3) is 0.350. The molecule has 0 aliphatic rings. The van der Waals surface area contributed by atoms with Gasteiger partial charge in [-0.05, 0) is 56.9 Å². The molecule has 24 heavy (non-hydrogen) atoms. The van der Waals surface area contributed by atoms with Crippen LogP contribution < -0.4 is 5.32 Å². The molecule has 0 amide bonds. The molecule has 2 aromatic carbocycles. The minimum absolute atomic E-state index is 0.288. The number of carbonyl (C=O) groups is 1. The van der Waals surface area contributed by atoms with Gasteiger partial charge in [-0.3, -0.25) is 0 Å². The van der Waals surface area contributed by atoms with Gasteiger partial charge in [0.05, 0.1) is 5.56 Å². The first-order valence-electron chi connectivity index (χ1n) is 8.30. The van der Waals surface area contributed by atoms with Crippen LogP contribution in [0, 0.1) is 0 Å². The van der Waals surface area contributed by atoms with E-state index in [-0.39, 0.29) is 5.97 Å². The second-order valence-corrected chi connectivity index (χ2v) is 6.09. The Hall–Kier alpha value is -2.17. The maximum absolute atomic E-state index is 12.0. The van der Waals surface area contributed by atoms with Crippen LogP contribution in [0.15, 0.2) is 54.6 Å². The van der Waals surface area contributed by atoms with Crippen molar-refractivity contribution in [1.29, 1.82) is 0 Å². The van der Waals surface area contributed by atoms with E-state index in [1.807, 2.05) is 54.6 Å². The van der Waals surface area contributed by atoms with E-state index >= 15 is 0 Å². The summed E-state index contributed by atoms with van der Waals surface area (Å²) in [6, 6.07) is 17.3. The summed E-state index contributed by atoms with van der Waals surface area (Å²) >= 11 is 0. The average molecular weight is 326 g/mol. The summed E-state index contributed by atoms with van der Waals surface area (Å²) in [6.45, 7) is 3.18. The number of nitrogens with one attached hydrogen (secondary N) is 1. The van der Waals surface area contributed by atoms with Gasteiger partial charge in [-0.25, -0.2) is 4.79 Å². The number of hydrogen-bond acceptors (Lipinski definition) is 4. The summed E-state index contributed by atoms with van der Waals surface area (Å²) in [7, 11) is 4.16. The molecule has 0 saturated heterocycles. The second kappa shape index (κ2) is 9.85. The van der Waals surface area contributed by atoms with E-state index in [1.165, 1.54) is 5.56 Å². The molecule has 1 N–H and O–H groups in total. The molecule has 0 unspecified atom stereocenters. The zero-order chi connectivity index (χ0) is 17.2. The van der Waals surface area contributed by atoms with Crippen LogP contribution in [0.3, 0.4) is 0 Å². The smallest absolute Gasteiger partial charge is 0.338 e. The third-order valence-electron chi connectivity index (χ3n) is 3.69. The standard InChI is InChI=1S/C20H26N2O2/c1-22(2)14-6-13-21-15-17-9-11-19(12-10-17)20(23)24-16-18-7-4-3-5-8-18/h3-5,7-12,21H,6,13-16H2,1-2H3. The molecule has 2 rings (SSSR count). The van der Waals surface area contributed by atoms with Gasteiger partial charge < -0.3 is 15.0 Å². The zero-order valence-electron chi connectivity index (χ0n) is 14.5. The summed E-state index contributed by atoms with van der Waals surface area (Å²) in [4.78, 5) is 14.2. The summed E-state index contributed by atoms with van der Waals surface area (Å²) < 4.78 is 5.33. The van der Waals surface area contributed by atoms with Gasteiger partial charge in [0.2, 0.25) is 0 Å². The molecule has 4 heteroatoms. The number of ether oxygens (including phenoxy) is 1. The maximum atomic E-state index is 12.0. The highest BCUT2D eigenvalue weighted by Crippen LogP contribution is 2.08. The van der Waals surface area contributed by atoms with Crippen LogP contribution in [0.25, 0.3) is 0 Å². The minimum Gasteiger partial charge on any atom is -0.457 e. The lowest BCUT2D eigenvalue weighted by molar-refractivity contribution is 0.0472. The van der Waals surface area contributed by atoms with Crippen molar-refractivity contribution in [1.82, 2.24) is 10.2 Å². The fourth-order valence-electron chi connectivity index (χ4n) is 2.32. The molecule has 0 radical (unpaired) electrons. The highest BCUT2D eigenvalue weighted by molar-refractivity contribution is 5.89. The Bertz CT molecular complexity index is 609. The summed E-state index contributed by atoms with van der Waals surface area (Å²) in [5.41, 5.74) is 2.74. The summed E-state index contributed by atoms with van der Waals surface area (Å²) in [5, 5.41) is 3.41. The summed E-state index contributed by atoms with van der Waals surface area (Å²) in [5.74, 6) is -0.288. The summed E-state index contributed by atoms with van der Waals surface area (Å²) in [6.07, 6.45) is 1.12. The lowest BCUT2D eigenvalue weighted by Gasteiger charge is -2.10. The fourth-order valence-corrected chi connectivity index (χ4v) is 2.32. The van der Waals surface area contributed by atoms with E-state index in [0.29, 0.717) is 12.2 Å². The van der Waals surface area contributed by atoms with Gasteiger partial charge in [0.15, 0.2) is 0 Å². The number of rotatable bonds is 9. The van der Waals surface area contributed by atoms with Crippen LogP contribution >= 0.6 is 0 Å². The number of esters is 1. The predicted octanol–water partition coefficient (Wildman–Crippen LogP) is 3.08. The molecular formula is C20H26N2O2. The largest absolute Gasteiger partial charge is 0.457 e. The van der Waals surface area contributed by atoms with Crippen molar-refractivity contribution < 1.29 is 9.53 Å². The van der Waals surface area contributed by atoms with Gasteiger partial charge in [0, 0.05) is 6.54 Å². The van der Waals surface area contributed by atoms with Gasteiger partial charge in [0.25, 0.3) is 0 Å². The molecule has 0 aliphatic heterocycles. The van der Waals surface area contributed by atoms with Gasteiger partial charge in [0.1, 0.15) is 6.61 Å². The predicted molar refractivity (Wildman–Crippen MR) is 96.9 cm³/mol. The Morgan fingerprint density at radius 1 is 1.00 bits per heavy atom. The molecule has 0 aromatic heterocycles. The molecule has 0 bridgehead atoms. The molecule has 0 heterocycles. The molecule has 2 aromatic rings. The lowest BCUT2D eigenvalue weighted by atomic mass is 10.1. The maximum Gasteiger partial charge on any atom is 0.338 e. The average Bonchev–Trinajstić information content (AvgIpc) is 2.60. The van der Waals surface area contributed by atoms with Crippen LogP contribution in [-0.4, -0.2) is 38.1 Å². The minimum atomic E-state index is -0.288. The van der Waals surface area contributed by atoms with Gasteiger partial charge in [-0.15, -0.1) is 0 Å². The molecule has 0 spiro atoms. The molecule has 0 atom stereocenters. The van der Waals surface area contributed by atoms with Crippen LogP contribution in [0.4, 0.5) is 0 Å². The molecular weight excluding hydrogens is 300 g/mol. The van der Waals surface area contributed by atoms with Gasteiger partial charge in [-0.2, -0.15) is 0 Å². The van der Waals surface area contributed by atoms with Crippen molar-refractivity contribution in [2.24, 2.45) is 0 Å². The van der Waals surface area contributed by atoms with E-state index in [2.05, 4.69) is 24.3 Å². The Kier molecular flexibility index (Phi) is 7.46. The van der Waals surface area contributed by atoms with E-state index in [1.54, 1.807) is 0 Å². The molecule has 0 aliphatic carbocycles. The third kappa shape index (κ3) is 6.52. The highest BCUT2D eigenvalue weighted by atomic mass is 16.5. The Labute approximate surface area is 144 Å². The first-order valence-corrected chi connectivity index (χ1v) is 8.30. The number of nitrogens with zero attached hydrogens (tertiary/aromatic N) is 1. The van der Waals surface area contributed by atoms with Crippen molar-refractivity contribution >= 4 is 5.97 Å². The van der Waals surface area contributed by atoms with E-state index in [9.17, 15) is 4.79 Å². The molecule has 128 valence electrons. The van der Waals surface area contributed by atoms with Crippen molar-refractivity contribution in [3.63, 3.8) is 0 Å². The van der Waals surface area contributed by atoms with Crippen LogP contribution in [-0.2, 0) is 17.9 Å².